The molecule has 6 heteroatoms. The van der Waals surface area contributed by atoms with Crippen molar-refractivity contribution >= 4 is 11.9 Å². The summed E-state index contributed by atoms with van der Waals surface area (Å²) in [6, 6.07) is -0.553. The average Bonchev–Trinajstić information content (AvgIpc) is 3.20. The van der Waals surface area contributed by atoms with Crippen molar-refractivity contribution < 1.29 is 24.5 Å². The molecule has 0 spiro atoms. The predicted octanol–water partition coefficient (Wildman–Crippen LogP) is 14.8. The molecule has 0 radical (unpaired) electrons. The van der Waals surface area contributed by atoms with Crippen LogP contribution < -0.4 is 5.32 Å². The zero-order valence-electron chi connectivity index (χ0n) is 37.9. The number of carbonyl (C=O) groups is 2. The second-order valence-corrected chi connectivity index (χ2v) is 17.5. The van der Waals surface area contributed by atoms with E-state index in [0.717, 1.165) is 57.8 Å². The quantitative estimate of drug-likeness (QED) is 0.0421. The van der Waals surface area contributed by atoms with E-state index in [1.807, 2.05) is 0 Å². The van der Waals surface area contributed by atoms with Crippen LogP contribution >= 0.6 is 0 Å². The first-order valence-corrected chi connectivity index (χ1v) is 25.3. The Balaban J connectivity index is 3.46. The molecular formula is C50H99NO5. The molecule has 0 aliphatic rings. The van der Waals surface area contributed by atoms with Crippen molar-refractivity contribution in [3.8, 4) is 0 Å². The van der Waals surface area contributed by atoms with Crippen molar-refractivity contribution in [1.82, 2.24) is 5.32 Å². The van der Waals surface area contributed by atoms with Gasteiger partial charge in [-0.3, -0.25) is 9.59 Å². The number of carbonyl (C=O) groups excluding carboxylic acids is 2. The maximum absolute atomic E-state index is 12.4. The molecule has 0 heterocycles. The van der Waals surface area contributed by atoms with Crippen molar-refractivity contribution in [2.75, 3.05) is 13.2 Å². The minimum Gasteiger partial charge on any atom is -0.466 e. The Bertz CT molecular complexity index is 791. The Hall–Kier alpha value is -1.14. The lowest BCUT2D eigenvalue weighted by molar-refractivity contribution is -0.143. The zero-order chi connectivity index (χ0) is 40.8. The first-order valence-electron chi connectivity index (χ1n) is 25.3. The highest BCUT2D eigenvalue weighted by Gasteiger charge is 2.20. The van der Waals surface area contributed by atoms with E-state index in [0.29, 0.717) is 25.9 Å². The highest BCUT2D eigenvalue weighted by Crippen LogP contribution is 2.17. The van der Waals surface area contributed by atoms with E-state index in [1.54, 1.807) is 0 Å². The molecule has 2 atom stereocenters. The van der Waals surface area contributed by atoms with E-state index < -0.39 is 12.1 Å². The van der Waals surface area contributed by atoms with Crippen LogP contribution in [0.15, 0.2) is 0 Å². The van der Waals surface area contributed by atoms with Crippen LogP contribution in [0.3, 0.4) is 0 Å². The van der Waals surface area contributed by atoms with Crippen molar-refractivity contribution in [3.63, 3.8) is 0 Å². The lowest BCUT2D eigenvalue weighted by Gasteiger charge is -2.22. The minimum absolute atomic E-state index is 0.0115. The maximum Gasteiger partial charge on any atom is 0.305 e. The standard InChI is InChI=1S/C50H99NO5/c1-3-5-7-9-11-13-15-17-18-20-22-26-30-34-38-42-48(53)47(46-52)51-49(54)43-39-35-31-27-23-21-25-29-33-37-41-45-56-50(55)44-40-36-32-28-24-19-16-14-12-10-8-6-4-2/h47-48,52-53H,3-46H2,1-2H3,(H,51,54). The van der Waals surface area contributed by atoms with Gasteiger partial charge in [0.1, 0.15) is 0 Å². The number of nitrogens with one attached hydrogen (secondary N) is 1. The summed E-state index contributed by atoms with van der Waals surface area (Å²) in [6.07, 6.45) is 50.6. The van der Waals surface area contributed by atoms with Gasteiger partial charge in [-0.2, -0.15) is 0 Å². The molecule has 0 rings (SSSR count). The van der Waals surface area contributed by atoms with Gasteiger partial charge >= 0.3 is 5.97 Å². The smallest absolute Gasteiger partial charge is 0.305 e. The number of aliphatic hydroxyl groups is 2. The number of amides is 1. The minimum atomic E-state index is -0.674. The van der Waals surface area contributed by atoms with Gasteiger partial charge in [-0.05, 0) is 25.7 Å². The summed E-state index contributed by atoms with van der Waals surface area (Å²) < 4.78 is 5.45. The molecule has 0 bridgehead atoms. The fourth-order valence-corrected chi connectivity index (χ4v) is 7.99. The molecule has 0 aliphatic carbocycles. The summed E-state index contributed by atoms with van der Waals surface area (Å²) in [5.74, 6) is -0.0632. The van der Waals surface area contributed by atoms with Crippen LogP contribution in [0.2, 0.25) is 0 Å². The van der Waals surface area contributed by atoms with Gasteiger partial charge in [0.05, 0.1) is 25.4 Å². The number of aliphatic hydroxyl groups excluding tert-OH is 2. The lowest BCUT2D eigenvalue weighted by atomic mass is 10.0. The average molecular weight is 794 g/mol. The molecular weight excluding hydrogens is 695 g/mol. The SMILES string of the molecule is CCCCCCCCCCCCCCCCCC(O)C(CO)NC(=O)CCCCCCCCCCCCCOC(=O)CCCCCCCCCCCCCCC. The Morgan fingerprint density at radius 2 is 0.732 bits per heavy atom. The van der Waals surface area contributed by atoms with Crippen molar-refractivity contribution in [3.05, 3.63) is 0 Å². The first kappa shape index (κ1) is 54.9. The van der Waals surface area contributed by atoms with Crippen LogP contribution in [0, 0.1) is 0 Å². The largest absolute Gasteiger partial charge is 0.466 e. The van der Waals surface area contributed by atoms with Gasteiger partial charge in [0.2, 0.25) is 5.91 Å². The topological polar surface area (TPSA) is 95.9 Å². The lowest BCUT2D eigenvalue weighted by Crippen LogP contribution is -2.45. The number of hydrogen-bond donors (Lipinski definition) is 3. The van der Waals surface area contributed by atoms with E-state index >= 15 is 0 Å². The normalized spacial score (nSPS) is 12.6. The second kappa shape index (κ2) is 46.5. The van der Waals surface area contributed by atoms with Gasteiger partial charge in [-0.25, -0.2) is 0 Å². The number of ether oxygens (including phenoxy) is 1. The Kier molecular flexibility index (Phi) is 45.6. The number of unbranched alkanes of at least 4 members (excludes halogenated alkanes) is 36. The van der Waals surface area contributed by atoms with Gasteiger partial charge in [0.15, 0.2) is 0 Å². The van der Waals surface area contributed by atoms with E-state index in [2.05, 4.69) is 19.2 Å². The monoisotopic (exact) mass is 794 g/mol. The highest BCUT2D eigenvalue weighted by molar-refractivity contribution is 5.76. The second-order valence-electron chi connectivity index (χ2n) is 17.5. The molecule has 3 N–H and O–H groups in total. The van der Waals surface area contributed by atoms with Crippen LogP contribution in [0.25, 0.3) is 0 Å². The van der Waals surface area contributed by atoms with E-state index in [4.69, 9.17) is 4.74 Å². The van der Waals surface area contributed by atoms with Crippen LogP contribution in [0.4, 0.5) is 0 Å². The molecule has 0 aromatic carbocycles. The van der Waals surface area contributed by atoms with Crippen molar-refractivity contribution in [1.29, 1.82) is 0 Å². The summed E-state index contributed by atoms with van der Waals surface area (Å²) in [7, 11) is 0. The van der Waals surface area contributed by atoms with Crippen LogP contribution in [-0.2, 0) is 14.3 Å². The summed E-state index contributed by atoms with van der Waals surface area (Å²) in [4.78, 5) is 24.4. The molecule has 0 aliphatic heterocycles. The van der Waals surface area contributed by atoms with E-state index in [-0.39, 0.29) is 18.5 Å². The van der Waals surface area contributed by atoms with Gasteiger partial charge in [0.25, 0.3) is 0 Å². The van der Waals surface area contributed by atoms with Gasteiger partial charge < -0.3 is 20.3 Å². The third-order valence-corrected chi connectivity index (χ3v) is 11.9. The number of rotatable bonds is 47. The number of esters is 1. The van der Waals surface area contributed by atoms with Crippen molar-refractivity contribution in [2.45, 2.75) is 296 Å². The van der Waals surface area contributed by atoms with Crippen LogP contribution in [0.5, 0.6) is 0 Å². The summed E-state index contributed by atoms with van der Waals surface area (Å²) in [6.45, 7) is 4.92. The molecule has 0 saturated carbocycles. The summed E-state index contributed by atoms with van der Waals surface area (Å²) in [5, 5.41) is 23.2. The van der Waals surface area contributed by atoms with Crippen LogP contribution in [-0.4, -0.2) is 47.4 Å². The molecule has 1 amide bonds. The van der Waals surface area contributed by atoms with Crippen molar-refractivity contribution in [2.24, 2.45) is 0 Å². The third-order valence-electron chi connectivity index (χ3n) is 11.9. The Morgan fingerprint density at radius 1 is 0.429 bits per heavy atom. The fraction of sp³-hybridized carbons (Fsp3) is 0.960. The van der Waals surface area contributed by atoms with Gasteiger partial charge in [-0.15, -0.1) is 0 Å². The van der Waals surface area contributed by atoms with E-state index in [9.17, 15) is 19.8 Å². The molecule has 0 fully saturated rings. The molecule has 0 saturated heterocycles. The third kappa shape index (κ3) is 42.5. The fourth-order valence-electron chi connectivity index (χ4n) is 7.99. The van der Waals surface area contributed by atoms with Gasteiger partial charge in [0, 0.05) is 12.8 Å². The maximum atomic E-state index is 12.4. The molecule has 334 valence electrons. The van der Waals surface area contributed by atoms with Crippen LogP contribution in [0.1, 0.15) is 284 Å². The predicted molar refractivity (Wildman–Crippen MR) is 241 cm³/mol. The summed E-state index contributed by atoms with van der Waals surface area (Å²) in [5.41, 5.74) is 0. The summed E-state index contributed by atoms with van der Waals surface area (Å²) >= 11 is 0. The molecule has 0 aromatic rings. The highest BCUT2D eigenvalue weighted by atomic mass is 16.5. The zero-order valence-corrected chi connectivity index (χ0v) is 37.9. The molecule has 56 heavy (non-hydrogen) atoms. The van der Waals surface area contributed by atoms with Gasteiger partial charge in [-0.1, -0.05) is 245 Å². The molecule has 2 unspecified atom stereocenters. The first-order chi connectivity index (χ1) is 27.5. The molecule has 0 aromatic heterocycles. The Labute approximate surface area is 349 Å². The number of hydrogen-bond acceptors (Lipinski definition) is 5. The Morgan fingerprint density at radius 3 is 1.09 bits per heavy atom. The van der Waals surface area contributed by atoms with E-state index in [1.165, 1.54) is 193 Å². The molecule has 6 nitrogen and oxygen atoms in total.